The molecule has 3 aliphatic rings. The molecule has 0 aromatic rings. The van der Waals surface area contributed by atoms with Gasteiger partial charge in [0.05, 0.1) is 12.6 Å². The van der Waals surface area contributed by atoms with Gasteiger partial charge in [0, 0.05) is 11.8 Å². The lowest BCUT2D eigenvalue weighted by Gasteiger charge is -2.38. The summed E-state index contributed by atoms with van der Waals surface area (Å²) < 4.78 is 6.00. The van der Waals surface area contributed by atoms with Crippen LogP contribution in [0.4, 0.5) is 0 Å². The van der Waals surface area contributed by atoms with Crippen LogP contribution in [0.25, 0.3) is 0 Å². The van der Waals surface area contributed by atoms with Gasteiger partial charge in [-0.25, -0.2) is 0 Å². The summed E-state index contributed by atoms with van der Waals surface area (Å²) in [7, 11) is 0. The molecule has 0 N–H and O–H groups in total. The fourth-order valence-electron chi connectivity index (χ4n) is 3.79. The van der Waals surface area contributed by atoms with E-state index in [9.17, 15) is 4.79 Å². The summed E-state index contributed by atoms with van der Waals surface area (Å²) in [5.74, 6) is 1.53. The van der Waals surface area contributed by atoms with Gasteiger partial charge in [-0.2, -0.15) is 0 Å². The molecule has 0 radical (unpaired) electrons. The van der Waals surface area contributed by atoms with Crippen molar-refractivity contribution in [3.05, 3.63) is 0 Å². The van der Waals surface area contributed by atoms with Gasteiger partial charge in [-0.15, -0.1) is 0 Å². The Morgan fingerprint density at radius 3 is 2.62 bits per heavy atom. The topological polar surface area (TPSA) is 29.5 Å². The van der Waals surface area contributed by atoms with Crippen LogP contribution in [0.5, 0.6) is 0 Å². The highest BCUT2D eigenvalue weighted by Gasteiger charge is 2.74. The fraction of sp³-hybridized carbons (Fsp3) is 0.923. The van der Waals surface area contributed by atoms with Crippen molar-refractivity contribution >= 4 is 5.91 Å². The van der Waals surface area contributed by atoms with E-state index in [2.05, 4.69) is 34.6 Å². The van der Waals surface area contributed by atoms with Gasteiger partial charge in [0.2, 0.25) is 5.91 Å². The van der Waals surface area contributed by atoms with Crippen molar-refractivity contribution in [2.45, 2.75) is 46.4 Å². The van der Waals surface area contributed by atoms with Crippen LogP contribution < -0.4 is 0 Å². The molecule has 2 heterocycles. The van der Waals surface area contributed by atoms with E-state index in [0.29, 0.717) is 24.3 Å². The number of hydrogen-bond donors (Lipinski definition) is 0. The molecule has 3 heteroatoms. The van der Waals surface area contributed by atoms with Gasteiger partial charge in [0.25, 0.3) is 0 Å². The highest BCUT2D eigenvalue weighted by atomic mass is 16.5. The fourth-order valence-corrected chi connectivity index (χ4v) is 3.79. The maximum atomic E-state index is 12.3. The zero-order valence-electron chi connectivity index (χ0n) is 10.8. The Morgan fingerprint density at radius 1 is 1.44 bits per heavy atom. The minimum Gasteiger partial charge on any atom is -0.353 e. The van der Waals surface area contributed by atoms with E-state index in [1.165, 1.54) is 0 Å². The van der Waals surface area contributed by atoms with Crippen LogP contribution in [0, 0.1) is 23.2 Å². The van der Waals surface area contributed by atoms with E-state index in [1.807, 2.05) is 4.90 Å². The molecule has 0 spiro atoms. The highest BCUT2D eigenvalue weighted by molar-refractivity contribution is 5.87. The molecule has 1 amide bonds. The Kier molecular flexibility index (Phi) is 1.74. The third-order valence-electron chi connectivity index (χ3n) is 4.84. The molecule has 3 nitrogen and oxygen atoms in total. The largest absolute Gasteiger partial charge is 0.353 e. The Hall–Kier alpha value is -0.570. The third kappa shape index (κ3) is 1.01. The summed E-state index contributed by atoms with van der Waals surface area (Å²) >= 11 is 0. The van der Waals surface area contributed by atoms with Gasteiger partial charge in [0.1, 0.15) is 5.72 Å². The van der Waals surface area contributed by atoms with Crippen LogP contribution in [-0.2, 0) is 9.53 Å². The zero-order valence-corrected chi connectivity index (χ0v) is 10.8. The average molecular weight is 223 g/mol. The van der Waals surface area contributed by atoms with Crippen LogP contribution in [0.15, 0.2) is 0 Å². The highest BCUT2D eigenvalue weighted by Crippen LogP contribution is 2.64. The molecule has 0 aromatic carbocycles. The van der Waals surface area contributed by atoms with Crippen molar-refractivity contribution in [2.24, 2.45) is 23.2 Å². The molecule has 3 rings (SSSR count). The summed E-state index contributed by atoms with van der Waals surface area (Å²) in [6, 6.07) is 0.241. The van der Waals surface area contributed by atoms with Gasteiger partial charge in [0.15, 0.2) is 0 Å². The molecular formula is C13H21NO2. The molecule has 3 fully saturated rings. The molecule has 5 atom stereocenters. The Labute approximate surface area is 97.1 Å². The molecule has 1 saturated carbocycles. The zero-order chi connectivity index (χ0) is 11.9. The quantitative estimate of drug-likeness (QED) is 0.627. The standard InChI is InChI=1S/C13H21NO2/c1-7-9-10(7)13(5)14(11(9)15)8(6-16-13)12(2,3)4/h7-10H,6H2,1-5H3/t7-,8-,9+,10-,13-/m1/s1. The molecular weight excluding hydrogens is 202 g/mol. The van der Waals surface area contributed by atoms with Gasteiger partial charge >= 0.3 is 0 Å². The first-order valence-corrected chi connectivity index (χ1v) is 6.25. The number of carbonyl (C=O) groups is 1. The minimum atomic E-state index is -0.306. The first-order chi connectivity index (χ1) is 7.28. The van der Waals surface area contributed by atoms with E-state index in [1.54, 1.807) is 0 Å². The Bertz CT molecular complexity index is 359. The lowest BCUT2D eigenvalue weighted by Crippen LogP contribution is -2.51. The lowest BCUT2D eigenvalue weighted by molar-refractivity contribution is -0.145. The summed E-state index contributed by atoms with van der Waals surface area (Å²) in [4.78, 5) is 14.4. The summed E-state index contributed by atoms with van der Waals surface area (Å²) in [5, 5.41) is 0. The average Bonchev–Trinajstić information content (AvgIpc) is 2.56. The van der Waals surface area contributed by atoms with Crippen molar-refractivity contribution in [2.75, 3.05) is 6.61 Å². The van der Waals surface area contributed by atoms with Crippen LogP contribution in [0.3, 0.4) is 0 Å². The van der Waals surface area contributed by atoms with Crippen LogP contribution in [0.1, 0.15) is 34.6 Å². The van der Waals surface area contributed by atoms with Crippen LogP contribution in [-0.4, -0.2) is 29.2 Å². The van der Waals surface area contributed by atoms with Gasteiger partial charge in [-0.05, 0) is 18.3 Å². The number of nitrogens with zero attached hydrogens (tertiary/aromatic N) is 1. The van der Waals surface area contributed by atoms with Gasteiger partial charge < -0.3 is 9.64 Å². The van der Waals surface area contributed by atoms with Crippen molar-refractivity contribution < 1.29 is 9.53 Å². The Morgan fingerprint density at radius 2 is 2.06 bits per heavy atom. The second kappa shape index (κ2) is 2.63. The van der Waals surface area contributed by atoms with E-state index in [4.69, 9.17) is 4.74 Å². The first kappa shape index (κ1) is 10.6. The van der Waals surface area contributed by atoms with Gasteiger partial charge in [-0.3, -0.25) is 4.79 Å². The maximum absolute atomic E-state index is 12.3. The number of rotatable bonds is 0. The van der Waals surface area contributed by atoms with E-state index < -0.39 is 0 Å². The molecule has 2 aliphatic heterocycles. The maximum Gasteiger partial charge on any atom is 0.229 e. The van der Waals surface area contributed by atoms with E-state index in [0.717, 1.165) is 0 Å². The second-order valence-electron chi connectivity index (χ2n) is 6.87. The predicted octanol–water partition coefficient (Wildman–Crippen LogP) is 1.87. The summed E-state index contributed by atoms with van der Waals surface area (Å²) in [5.41, 5.74) is -0.202. The number of amides is 1. The molecule has 1 aliphatic carbocycles. The second-order valence-corrected chi connectivity index (χ2v) is 6.87. The summed E-state index contributed by atoms with van der Waals surface area (Å²) in [6.07, 6.45) is 0. The summed E-state index contributed by atoms with van der Waals surface area (Å²) in [6.45, 7) is 11.5. The van der Waals surface area contributed by atoms with Crippen molar-refractivity contribution in [3.8, 4) is 0 Å². The smallest absolute Gasteiger partial charge is 0.229 e. The third-order valence-corrected chi connectivity index (χ3v) is 4.84. The monoisotopic (exact) mass is 223 g/mol. The van der Waals surface area contributed by atoms with Crippen molar-refractivity contribution in [3.63, 3.8) is 0 Å². The normalized spacial score (nSPS) is 50.6. The number of fused-ring (bicyclic) bond motifs is 3. The van der Waals surface area contributed by atoms with E-state index >= 15 is 0 Å². The SMILES string of the molecule is C[C@@H]1[C@@H]2C(=O)N3[C@@H](C(C)(C)C)CO[C@]3(C)[C@H]12. The molecule has 90 valence electrons. The molecule has 2 saturated heterocycles. The Balaban J connectivity index is 1.96. The molecule has 0 unspecified atom stereocenters. The van der Waals surface area contributed by atoms with Crippen LogP contribution in [0.2, 0.25) is 0 Å². The van der Waals surface area contributed by atoms with Crippen molar-refractivity contribution in [1.82, 2.24) is 4.90 Å². The minimum absolute atomic E-state index is 0.105. The molecule has 0 aromatic heterocycles. The first-order valence-electron chi connectivity index (χ1n) is 6.25. The molecule has 16 heavy (non-hydrogen) atoms. The number of piperidine rings is 1. The molecule has 0 bridgehead atoms. The van der Waals surface area contributed by atoms with Crippen LogP contribution >= 0.6 is 0 Å². The number of carbonyl (C=O) groups excluding carboxylic acids is 1. The number of ether oxygens (including phenoxy) is 1. The van der Waals surface area contributed by atoms with Crippen molar-refractivity contribution in [1.29, 1.82) is 0 Å². The number of hydrogen-bond acceptors (Lipinski definition) is 2. The van der Waals surface area contributed by atoms with E-state index in [-0.39, 0.29) is 23.1 Å². The van der Waals surface area contributed by atoms with Gasteiger partial charge in [-0.1, -0.05) is 27.7 Å². The lowest BCUT2D eigenvalue weighted by atomic mass is 9.86. The predicted molar refractivity (Wildman–Crippen MR) is 60.6 cm³/mol.